The SMILES string of the molecule is Cc1cccc(-n2nc(C(C)C)cc2OC(=O)c2cccc3ccccc23)c1C. The Balaban J connectivity index is 1.78. The summed E-state index contributed by atoms with van der Waals surface area (Å²) in [5, 5.41) is 6.61. The lowest BCUT2D eigenvalue weighted by molar-refractivity contribution is 0.0725. The van der Waals surface area contributed by atoms with Gasteiger partial charge in [0.25, 0.3) is 0 Å². The van der Waals surface area contributed by atoms with Crippen molar-refractivity contribution < 1.29 is 9.53 Å². The van der Waals surface area contributed by atoms with E-state index in [9.17, 15) is 4.79 Å². The summed E-state index contributed by atoms with van der Waals surface area (Å²) in [4.78, 5) is 13.1. The Hall–Kier alpha value is -3.40. The summed E-state index contributed by atoms with van der Waals surface area (Å²) < 4.78 is 7.62. The second kappa shape index (κ2) is 7.55. The van der Waals surface area contributed by atoms with Gasteiger partial charge in [-0.1, -0.05) is 62.4 Å². The van der Waals surface area contributed by atoms with Crippen molar-refractivity contribution in [1.82, 2.24) is 9.78 Å². The van der Waals surface area contributed by atoms with E-state index in [4.69, 9.17) is 9.84 Å². The maximum Gasteiger partial charge on any atom is 0.345 e. The molecule has 4 aromatic rings. The third-order valence-corrected chi connectivity index (χ3v) is 5.30. The highest BCUT2D eigenvalue weighted by molar-refractivity contribution is 6.05. The first kappa shape index (κ1) is 18.9. The number of aromatic nitrogens is 2. The van der Waals surface area contributed by atoms with Gasteiger partial charge in [0.1, 0.15) is 0 Å². The summed E-state index contributed by atoms with van der Waals surface area (Å²) in [6.07, 6.45) is 0. The van der Waals surface area contributed by atoms with Crippen molar-refractivity contribution in [2.24, 2.45) is 0 Å². The molecule has 29 heavy (non-hydrogen) atoms. The van der Waals surface area contributed by atoms with Crippen LogP contribution in [0, 0.1) is 13.8 Å². The van der Waals surface area contributed by atoms with E-state index in [1.54, 1.807) is 10.7 Å². The van der Waals surface area contributed by atoms with E-state index in [-0.39, 0.29) is 11.9 Å². The number of aryl methyl sites for hydroxylation is 1. The summed E-state index contributed by atoms with van der Waals surface area (Å²) >= 11 is 0. The topological polar surface area (TPSA) is 44.1 Å². The van der Waals surface area contributed by atoms with Gasteiger partial charge in [-0.05, 0) is 53.8 Å². The van der Waals surface area contributed by atoms with E-state index >= 15 is 0 Å². The fraction of sp³-hybridized carbons (Fsp3) is 0.200. The highest BCUT2D eigenvalue weighted by Crippen LogP contribution is 2.28. The number of ether oxygens (including phenoxy) is 1. The number of nitrogens with zero attached hydrogens (tertiary/aromatic N) is 2. The predicted octanol–water partition coefficient (Wildman–Crippen LogP) is 5.98. The third-order valence-electron chi connectivity index (χ3n) is 5.30. The number of esters is 1. The molecule has 0 spiro atoms. The van der Waals surface area contributed by atoms with Crippen molar-refractivity contribution in [3.63, 3.8) is 0 Å². The van der Waals surface area contributed by atoms with Crippen LogP contribution in [0.2, 0.25) is 0 Å². The fourth-order valence-electron chi connectivity index (χ4n) is 3.43. The Morgan fingerprint density at radius 1 is 0.966 bits per heavy atom. The molecule has 0 N–H and O–H groups in total. The zero-order valence-corrected chi connectivity index (χ0v) is 17.1. The minimum atomic E-state index is -0.386. The Morgan fingerprint density at radius 2 is 1.69 bits per heavy atom. The number of hydrogen-bond donors (Lipinski definition) is 0. The van der Waals surface area contributed by atoms with Crippen molar-refractivity contribution in [2.45, 2.75) is 33.6 Å². The molecule has 3 aromatic carbocycles. The number of hydrogen-bond acceptors (Lipinski definition) is 3. The van der Waals surface area contributed by atoms with Gasteiger partial charge in [0.05, 0.1) is 16.9 Å². The standard InChI is InChI=1S/C25H24N2O2/c1-16(2)22-15-24(27(26-22)23-14-7-9-17(3)18(23)4)29-25(28)21-13-8-11-19-10-5-6-12-20(19)21/h5-16H,1-4H3. The molecule has 0 radical (unpaired) electrons. The molecule has 4 rings (SSSR count). The summed E-state index contributed by atoms with van der Waals surface area (Å²) in [7, 11) is 0. The largest absolute Gasteiger partial charge is 0.404 e. The molecule has 1 aromatic heterocycles. The Bertz CT molecular complexity index is 1200. The van der Waals surface area contributed by atoms with Crippen LogP contribution in [0.3, 0.4) is 0 Å². The number of benzene rings is 3. The number of carbonyl (C=O) groups excluding carboxylic acids is 1. The van der Waals surface area contributed by atoms with Gasteiger partial charge in [-0.25, -0.2) is 9.48 Å². The number of rotatable bonds is 4. The molecule has 0 saturated carbocycles. The van der Waals surface area contributed by atoms with Gasteiger partial charge in [0.2, 0.25) is 5.88 Å². The lowest BCUT2D eigenvalue weighted by atomic mass is 10.1. The normalized spacial score (nSPS) is 11.2. The molecule has 0 aliphatic carbocycles. The van der Waals surface area contributed by atoms with E-state index in [1.807, 2.05) is 54.6 Å². The van der Waals surface area contributed by atoms with Crippen LogP contribution >= 0.6 is 0 Å². The third kappa shape index (κ3) is 3.54. The van der Waals surface area contributed by atoms with E-state index in [0.29, 0.717) is 11.4 Å². The van der Waals surface area contributed by atoms with Crippen molar-refractivity contribution in [3.8, 4) is 11.6 Å². The lowest BCUT2D eigenvalue weighted by Crippen LogP contribution is -2.13. The lowest BCUT2D eigenvalue weighted by Gasteiger charge is -2.12. The average Bonchev–Trinajstić information content (AvgIpc) is 3.13. The van der Waals surface area contributed by atoms with Gasteiger partial charge >= 0.3 is 5.97 Å². The van der Waals surface area contributed by atoms with Crippen molar-refractivity contribution in [2.75, 3.05) is 0 Å². The molecule has 0 unspecified atom stereocenters. The first-order chi connectivity index (χ1) is 14.0. The molecule has 0 amide bonds. The predicted molar refractivity (Wildman–Crippen MR) is 116 cm³/mol. The summed E-state index contributed by atoms with van der Waals surface area (Å²) in [6, 6.07) is 21.4. The van der Waals surface area contributed by atoms with E-state index in [0.717, 1.165) is 33.3 Å². The zero-order chi connectivity index (χ0) is 20.5. The van der Waals surface area contributed by atoms with Crippen LogP contribution in [0.5, 0.6) is 5.88 Å². The molecule has 0 aliphatic heterocycles. The second-order valence-corrected chi connectivity index (χ2v) is 7.61. The van der Waals surface area contributed by atoms with Crippen LogP contribution in [0.4, 0.5) is 0 Å². The van der Waals surface area contributed by atoms with E-state index in [1.165, 1.54) is 0 Å². The number of fused-ring (bicyclic) bond motifs is 1. The van der Waals surface area contributed by atoms with E-state index in [2.05, 4.69) is 33.8 Å². The molecule has 0 saturated heterocycles. The smallest absolute Gasteiger partial charge is 0.345 e. The zero-order valence-electron chi connectivity index (χ0n) is 17.1. The quantitative estimate of drug-likeness (QED) is 0.406. The molecule has 0 atom stereocenters. The van der Waals surface area contributed by atoms with Crippen LogP contribution in [0.25, 0.3) is 16.5 Å². The van der Waals surface area contributed by atoms with Gasteiger partial charge in [-0.15, -0.1) is 0 Å². The van der Waals surface area contributed by atoms with Crippen LogP contribution in [0.15, 0.2) is 66.7 Å². The average molecular weight is 384 g/mol. The van der Waals surface area contributed by atoms with Crippen molar-refractivity contribution in [3.05, 3.63) is 89.1 Å². The molecule has 146 valence electrons. The first-order valence-corrected chi connectivity index (χ1v) is 9.82. The maximum absolute atomic E-state index is 13.1. The molecule has 1 heterocycles. The Morgan fingerprint density at radius 3 is 2.48 bits per heavy atom. The highest BCUT2D eigenvalue weighted by Gasteiger charge is 2.20. The molecular formula is C25H24N2O2. The van der Waals surface area contributed by atoms with Crippen LogP contribution in [0.1, 0.15) is 46.9 Å². The van der Waals surface area contributed by atoms with Crippen LogP contribution in [-0.2, 0) is 0 Å². The summed E-state index contributed by atoms with van der Waals surface area (Å²) in [5.41, 5.74) is 4.61. The van der Waals surface area contributed by atoms with Gasteiger partial charge < -0.3 is 4.74 Å². The minimum Gasteiger partial charge on any atom is -0.404 e. The molecule has 4 nitrogen and oxygen atoms in total. The Kier molecular flexibility index (Phi) is 4.93. The van der Waals surface area contributed by atoms with Gasteiger partial charge in [-0.2, -0.15) is 5.10 Å². The maximum atomic E-state index is 13.1. The van der Waals surface area contributed by atoms with Gasteiger partial charge in [-0.3, -0.25) is 0 Å². The fourth-order valence-corrected chi connectivity index (χ4v) is 3.43. The van der Waals surface area contributed by atoms with Crippen molar-refractivity contribution in [1.29, 1.82) is 0 Å². The molecule has 0 fully saturated rings. The summed E-state index contributed by atoms with van der Waals surface area (Å²) in [5.74, 6) is 0.264. The summed E-state index contributed by atoms with van der Waals surface area (Å²) in [6.45, 7) is 8.27. The molecular weight excluding hydrogens is 360 g/mol. The van der Waals surface area contributed by atoms with Crippen molar-refractivity contribution >= 4 is 16.7 Å². The number of carbonyl (C=O) groups is 1. The Labute approximate surface area is 170 Å². The monoisotopic (exact) mass is 384 g/mol. The minimum absolute atomic E-state index is 0.219. The molecule has 0 bridgehead atoms. The van der Waals surface area contributed by atoms with Gasteiger partial charge in [0, 0.05) is 6.07 Å². The molecule has 4 heteroatoms. The van der Waals surface area contributed by atoms with Gasteiger partial charge in [0.15, 0.2) is 0 Å². The highest BCUT2D eigenvalue weighted by atomic mass is 16.5. The second-order valence-electron chi connectivity index (χ2n) is 7.61. The first-order valence-electron chi connectivity index (χ1n) is 9.82. The van der Waals surface area contributed by atoms with Crippen LogP contribution in [-0.4, -0.2) is 15.7 Å². The molecule has 0 aliphatic rings. The van der Waals surface area contributed by atoms with E-state index < -0.39 is 0 Å². The van der Waals surface area contributed by atoms with Crippen LogP contribution < -0.4 is 4.74 Å².